The number of carbonyl (C=O) groups is 2. The maximum atomic E-state index is 13.6. The number of carbonyl (C=O) groups excluding carboxylic acids is 2. The zero-order chi connectivity index (χ0) is 18.9. The summed E-state index contributed by atoms with van der Waals surface area (Å²) in [4.78, 5) is 27.6. The van der Waals surface area contributed by atoms with Crippen LogP contribution in [0, 0.1) is 0 Å². The van der Waals surface area contributed by atoms with E-state index in [1.165, 1.54) is 4.90 Å². The fraction of sp³-hybridized carbons (Fsp3) is 0.0909. The van der Waals surface area contributed by atoms with Crippen LogP contribution in [-0.2, 0) is 16.9 Å². The molecular formula is C22H17ClN2O2. The molecule has 0 bridgehead atoms. The first-order chi connectivity index (χ1) is 13.1. The van der Waals surface area contributed by atoms with Gasteiger partial charge in [-0.2, -0.15) is 0 Å². The Morgan fingerprint density at radius 1 is 0.778 bits per heavy atom. The van der Waals surface area contributed by atoms with Crippen molar-refractivity contribution in [2.45, 2.75) is 12.1 Å². The molecule has 0 atom stereocenters. The molecule has 0 spiro atoms. The van der Waals surface area contributed by atoms with Crippen LogP contribution < -0.4 is 5.32 Å². The lowest BCUT2D eigenvalue weighted by atomic mass is 9.82. The summed E-state index contributed by atoms with van der Waals surface area (Å²) in [5, 5.41) is 3.46. The number of nitrogens with one attached hydrogen (secondary N) is 1. The smallest absolute Gasteiger partial charge is 0.315 e. The molecular weight excluding hydrogens is 360 g/mol. The molecule has 1 aliphatic heterocycles. The van der Waals surface area contributed by atoms with E-state index in [1.54, 1.807) is 6.07 Å². The van der Waals surface area contributed by atoms with E-state index in [4.69, 9.17) is 11.6 Å². The van der Waals surface area contributed by atoms with E-state index in [0.29, 0.717) is 5.02 Å². The number of hydrogen-bond acceptors (Lipinski definition) is 2. The molecule has 4 rings (SSSR count). The Balaban J connectivity index is 1.81. The standard InChI is InChI=1S/C22H17ClN2O2/c23-19-14-8-7-9-16(19)15-25-20(26)22(24-21(25)27,17-10-3-1-4-11-17)18-12-5-2-6-13-18/h1-14H,15H2,(H,24,27). The molecule has 0 radical (unpaired) electrons. The Kier molecular flexibility index (Phi) is 4.42. The Morgan fingerprint density at radius 3 is 1.85 bits per heavy atom. The Labute approximate surface area is 162 Å². The third-order valence-corrected chi connectivity index (χ3v) is 5.17. The van der Waals surface area contributed by atoms with Gasteiger partial charge in [-0.05, 0) is 22.8 Å². The molecule has 0 unspecified atom stereocenters. The van der Waals surface area contributed by atoms with Crippen LogP contribution in [0.2, 0.25) is 5.02 Å². The fourth-order valence-corrected chi connectivity index (χ4v) is 3.65. The summed E-state index contributed by atoms with van der Waals surface area (Å²) in [6.07, 6.45) is 0. The van der Waals surface area contributed by atoms with Crippen molar-refractivity contribution in [2.75, 3.05) is 0 Å². The fourth-order valence-electron chi connectivity index (χ4n) is 3.45. The van der Waals surface area contributed by atoms with Crippen LogP contribution in [0.5, 0.6) is 0 Å². The van der Waals surface area contributed by atoms with Gasteiger partial charge in [0.15, 0.2) is 5.54 Å². The number of halogens is 1. The predicted octanol–water partition coefficient (Wildman–Crippen LogP) is 4.34. The largest absolute Gasteiger partial charge is 0.325 e. The van der Waals surface area contributed by atoms with Gasteiger partial charge >= 0.3 is 6.03 Å². The molecule has 3 amide bonds. The second kappa shape index (κ2) is 6.89. The highest BCUT2D eigenvalue weighted by Crippen LogP contribution is 2.36. The lowest BCUT2D eigenvalue weighted by Crippen LogP contribution is -2.45. The first-order valence-corrected chi connectivity index (χ1v) is 8.99. The highest BCUT2D eigenvalue weighted by atomic mass is 35.5. The number of benzene rings is 3. The van der Waals surface area contributed by atoms with Gasteiger partial charge in [0.1, 0.15) is 0 Å². The monoisotopic (exact) mass is 376 g/mol. The van der Waals surface area contributed by atoms with Crippen LogP contribution in [-0.4, -0.2) is 16.8 Å². The second-order valence-electron chi connectivity index (χ2n) is 6.39. The van der Waals surface area contributed by atoms with Gasteiger partial charge in [0.05, 0.1) is 6.54 Å². The minimum atomic E-state index is -1.25. The van der Waals surface area contributed by atoms with E-state index in [1.807, 2.05) is 78.9 Å². The summed E-state index contributed by atoms with van der Waals surface area (Å²) in [6, 6.07) is 25.4. The van der Waals surface area contributed by atoms with E-state index < -0.39 is 11.6 Å². The van der Waals surface area contributed by atoms with E-state index in [0.717, 1.165) is 16.7 Å². The molecule has 0 aliphatic carbocycles. The van der Waals surface area contributed by atoms with Crippen LogP contribution >= 0.6 is 11.6 Å². The van der Waals surface area contributed by atoms with Crippen LogP contribution in [0.25, 0.3) is 0 Å². The normalized spacial score (nSPS) is 15.7. The van der Waals surface area contributed by atoms with Crippen molar-refractivity contribution in [3.63, 3.8) is 0 Å². The van der Waals surface area contributed by atoms with Crippen molar-refractivity contribution in [1.82, 2.24) is 10.2 Å². The number of imide groups is 1. The molecule has 0 saturated carbocycles. The quantitative estimate of drug-likeness (QED) is 0.689. The van der Waals surface area contributed by atoms with Gasteiger partial charge in [-0.1, -0.05) is 90.5 Å². The van der Waals surface area contributed by atoms with Crippen molar-refractivity contribution in [2.24, 2.45) is 0 Å². The molecule has 1 heterocycles. The maximum absolute atomic E-state index is 13.6. The number of amides is 3. The first kappa shape index (κ1) is 17.3. The molecule has 3 aromatic carbocycles. The number of rotatable bonds is 4. The number of nitrogens with zero attached hydrogens (tertiary/aromatic N) is 1. The third kappa shape index (κ3) is 2.88. The van der Waals surface area contributed by atoms with E-state index >= 15 is 0 Å². The van der Waals surface area contributed by atoms with Crippen LogP contribution in [0.3, 0.4) is 0 Å². The molecule has 1 saturated heterocycles. The van der Waals surface area contributed by atoms with Crippen molar-refractivity contribution in [3.8, 4) is 0 Å². The number of hydrogen-bond donors (Lipinski definition) is 1. The summed E-state index contributed by atoms with van der Waals surface area (Å²) >= 11 is 6.23. The van der Waals surface area contributed by atoms with E-state index in [9.17, 15) is 9.59 Å². The van der Waals surface area contributed by atoms with Crippen molar-refractivity contribution in [1.29, 1.82) is 0 Å². The Morgan fingerprint density at radius 2 is 1.30 bits per heavy atom. The lowest BCUT2D eigenvalue weighted by molar-refractivity contribution is -0.130. The average molecular weight is 377 g/mol. The second-order valence-corrected chi connectivity index (χ2v) is 6.80. The summed E-state index contributed by atoms with van der Waals surface area (Å²) in [6.45, 7) is 0.117. The minimum Gasteiger partial charge on any atom is -0.315 e. The highest BCUT2D eigenvalue weighted by molar-refractivity contribution is 6.31. The summed E-state index contributed by atoms with van der Waals surface area (Å²) in [5.74, 6) is -0.315. The van der Waals surface area contributed by atoms with Gasteiger partial charge in [0.25, 0.3) is 5.91 Å². The molecule has 134 valence electrons. The molecule has 0 aromatic heterocycles. The van der Waals surface area contributed by atoms with Gasteiger partial charge in [-0.15, -0.1) is 0 Å². The van der Waals surface area contributed by atoms with Gasteiger partial charge in [0.2, 0.25) is 0 Å². The van der Waals surface area contributed by atoms with Gasteiger partial charge in [0, 0.05) is 5.02 Å². The van der Waals surface area contributed by atoms with Crippen molar-refractivity contribution in [3.05, 3.63) is 107 Å². The Bertz CT molecular complexity index is 950. The van der Waals surface area contributed by atoms with Gasteiger partial charge < -0.3 is 5.32 Å². The number of urea groups is 1. The maximum Gasteiger partial charge on any atom is 0.325 e. The summed E-state index contributed by atoms with van der Waals surface area (Å²) in [5.41, 5.74) is 0.910. The van der Waals surface area contributed by atoms with Crippen LogP contribution in [0.1, 0.15) is 16.7 Å². The summed E-state index contributed by atoms with van der Waals surface area (Å²) < 4.78 is 0. The minimum absolute atomic E-state index is 0.117. The predicted molar refractivity (Wildman–Crippen MR) is 104 cm³/mol. The zero-order valence-corrected chi connectivity index (χ0v) is 15.2. The SMILES string of the molecule is O=C1NC(c2ccccc2)(c2ccccc2)C(=O)N1Cc1ccccc1Cl. The molecule has 3 aromatic rings. The van der Waals surface area contributed by atoms with Gasteiger partial charge in [-0.3, -0.25) is 9.69 Å². The molecule has 1 aliphatic rings. The lowest BCUT2D eigenvalue weighted by Gasteiger charge is -2.28. The van der Waals surface area contributed by atoms with Crippen molar-refractivity contribution < 1.29 is 9.59 Å². The topological polar surface area (TPSA) is 49.4 Å². The zero-order valence-electron chi connectivity index (χ0n) is 14.4. The summed E-state index contributed by atoms with van der Waals surface area (Å²) in [7, 11) is 0. The van der Waals surface area contributed by atoms with Gasteiger partial charge in [-0.25, -0.2) is 4.79 Å². The highest BCUT2D eigenvalue weighted by Gasteiger charge is 2.53. The van der Waals surface area contributed by atoms with Crippen molar-refractivity contribution >= 4 is 23.5 Å². The molecule has 1 N–H and O–H groups in total. The van der Waals surface area contributed by atoms with E-state index in [2.05, 4.69) is 5.32 Å². The van der Waals surface area contributed by atoms with Crippen LogP contribution in [0.15, 0.2) is 84.9 Å². The van der Waals surface area contributed by atoms with Crippen LogP contribution in [0.4, 0.5) is 4.79 Å². The third-order valence-electron chi connectivity index (χ3n) is 4.81. The first-order valence-electron chi connectivity index (χ1n) is 8.61. The molecule has 27 heavy (non-hydrogen) atoms. The van der Waals surface area contributed by atoms with E-state index in [-0.39, 0.29) is 12.5 Å². The molecule has 5 heteroatoms. The average Bonchev–Trinajstić information content (AvgIpc) is 2.96. The molecule has 1 fully saturated rings. The molecule has 4 nitrogen and oxygen atoms in total. The Hall–Kier alpha value is -3.11.